The highest BCUT2D eigenvalue weighted by atomic mass is 32.1. The number of ether oxygens (including phenoxy) is 1. The summed E-state index contributed by atoms with van der Waals surface area (Å²) in [5.74, 6) is -0.605. The highest BCUT2D eigenvalue weighted by Crippen LogP contribution is 2.27. The summed E-state index contributed by atoms with van der Waals surface area (Å²) in [6.45, 7) is 2.32. The van der Waals surface area contributed by atoms with Gasteiger partial charge >= 0.3 is 5.97 Å². The third-order valence-electron chi connectivity index (χ3n) is 3.35. The minimum atomic E-state index is -1.04. The lowest BCUT2D eigenvalue weighted by molar-refractivity contribution is -0.131. The summed E-state index contributed by atoms with van der Waals surface area (Å²) >= 11 is 1.43. The Hall–Kier alpha value is -2.99. The van der Waals surface area contributed by atoms with Crippen LogP contribution in [0, 0.1) is 6.92 Å². The smallest absolute Gasteiger partial charge is 0.329 e. The van der Waals surface area contributed by atoms with E-state index in [1.807, 2.05) is 37.3 Å². The monoisotopic (exact) mass is 352 g/mol. The molecule has 0 unspecified atom stereocenters. The van der Waals surface area contributed by atoms with E-state index < -0.39 is 5.97 Å². The van der Waals surface area contributed by atoms with Crippen LogP contribution in [0.2, 0.25) is 0 Å². The molecule has 0 aliphatic heterocycles. The van der Waals surface area contributed by atoms with Crippen molar-refractivity contribution < 1.29 is 14.6 Å². The summed E-state index contributed by atoms with van der Waals surface area (Å²) in [6.07, 6.45) is 2.84. The Labute approximate surface area is 149 Å². The van der Waals surface area contributed by atoms with E-state index in [0.717, 1.165) is 16.5 Å². The lowest BCUT2D eigenvalue weighted by atomic mass is 10.1. The Kier molecular flexibility index (Phi) is 5.20. The van der Waals surface area contributed by atoms with Gasteiger partial charge in [-0.3, -0.25) is 0 Å². The molecule has 0 bridgehead atoms. The van der Waals surface area contributed by atoms with Gasteiger partial charge in [0.1, 0.15) is 11.6 Å². The van der Waals surface area contributed by atoms with Crippen LogP contribution in [0.15, 0.2) is 60.8 Å². The van der Waals surface area contributed by atoms with Crippen LogP contribution in [0.5, 0.6) is 5.88 Å². The number of hydrogen-bond donors (Lipinski definition) is 1. The third kappa shape index (κ3) is 4.51. The fourth-order valence-corrected chi connectivity index (χ4v) is 3.01. The maximum absolute atomic E-state index is 11.2. The van der Waals surface area contributed by atoms with Gasteiger partial charge in [-0.25, -0.2) is 14.8 Å². The van der Waals surface area contributed by atoms with Crippen molar-refractivity contribution >= 4 is 22.9 Å². The molecule has 1 aromatic carbocycles. The number of benzene rings is 1. The minimum Gasteiger partial charge on any atom is -0.478 e. The van der Waals surface area contributed by atoms with Crippen molar-refractivity contribution in [3.63, 3.8) is 0 Å². The Morgan fingerprint density at radius 1 is 1.20 bits per heavy atom. The number of pyridine rings is 1. The topological polar surface area (TPSA) is 72.3 Å². The first kappa shape index (κ1) is 16.9. The summed E-state index contributed by atoms with van der Waals surface area (Å²) in [7, 11) is 0. The molecule has 0 saturated heterocycles. The molecule has 0 aliphatic carbocycles. The lowest BCUT2D eigenvalue weighted by Crippen LogP contribution is -2.00. The van der Waals surface area contributed by atoms with E-state index in [0.29, 0.717) is 28.8 Å². The zero-order valence-corrected chi connectivity index (χ0v) is 14.4. The van der Waals surface area contributed by atoms with Gasteiger partial charge < -0.3 is 9.84 Å². The number of rotatable bonds is 6. The molecule has 3 aromatic rings. The van der Waals surface area contributed by atoms with Gasteiger partial charge in [0.05, 0.1) is 5.69 Å². The van der Waals surface area contributed by atoms with Crippen LogP contribution < -0.4 is 4.74 Å². The molecule has 0 saturated carbocycles. The molecule has 0 fully saturated rings. The zero-order chi connectivity index (χ0) is 17.6. The van der Waals surface area contributed by atoms with E-state index in [2.05, 4.69) is 9.97 Å². The van der Waals surface area contributed by atoms with E-state index in [9.17, 15) is 9.90 Å². The number of carboxylic acid groups (broad SMARTS) is 1. The first-order valence-electron chi connectivity index (χ1n) is 7.63. The van der Waals surface area contributed by atoms with Gasteiger partial charge in [-0.15, -0.1) is 11.3 Å². The molecule has 25 heavy (non-hydrogen) atoms. The van der Waals surface area contributed by atoms with Crippen molar-refractivity contribution in [2.75, 3.05) is 0 Å². The first-order chi connectivity index (χ1) is 12.1. The number of carboxylic acids is 1. The average Bonchev–Trinajstić information content (AvgIpc) is 3.05. The molecule has 126 valence electrons. The summed E-state index contributed by atoms with van der Waals surface area (Å²) in [6, 6.07) is 15.1. The van der Waals surface area contributed by atoms with Crippen molar-refractivity contribution in [1.82, 2.24) is 9.97 Å². The van der Waals surface area contributed by atoms with Gasteiger partial charge in [0.15, 0.2) is 0 Å². The highest BCUT2D eigenvalue weighted by molar-refractivity contribution is 7.12. The first-order valence-corrected chi connectivity index (χ1v) is 8.45. The van der Waals surface area contributed by atoms with Gasteiger partial charge in [0.25, 0.3) is 0 Å². The fraction of sp³-hybridized carbons (Fsp3) is 0.105. The SMILES string of the molecule is Cc1cnc(C(=CC(=O)O)c2cccc(OCc3ccccc3)n2)s1. The summed E-state index contributed by atoms with van der Waals surface area (Å²) in [5.41, 5.74) is 2.02. The second-order valence-electron chi connectivity index (χ2n) is 5.31. The Balaban J connectivity index is 1.86. The molecule has 3 rings (SSSR count). The molecule has 2 aromatic heterocycles. The number of thiazole rings is 1. The van der Waals surface area contributed by atoms with Gasteiger partial charge in [-0.2, -0.15) is 0 Å². The molecule has 0 spiro atoms. The normalized spacial score (nSPS) is 11.3. The number of nitrogens with zero attached hydrogens (tertiary/aromatic N) is 2. The predicted molar refractivity (Wildman–Crippen MR) is 96.6 cm³/mol. The molecule has 0 atom stereocenters. The second-order valence-corrected chi connectivity index (χ2v) is 6.54. The van der Waals surface area contributed by atoms with Crippen molar-refractivity contribution in [2.45, 2.75) is 13.5 Å². The van der Waals surface area contributed by atoms with Crippen LogP contribution in [0.4, 0.5) is 0 Å². The maximum atomic E-state index is 11.2. The van der Waals surface area contributed by atoms with Crippen LogP contribution in [-0.4, -0.2) is 21.0 Å². The Morgan fingerprint density at radius 3 is 2.68 bits per heavy atom. The van der Waals surface area contributed by atoms with Crippen LogP contribution in [0.1, 0.15) is 21.1 Å². The molecule has 0 amide bonds. The summed E-state index contributed by atoms with van der Waals surface area (Å²) < 4.78 is 5.73. The standard InChI is InChI=1S/C19H16N2O3S/c1-13-11-20-19(25-13)15(10-18(22)23)16-8-5-9-17(21-16)24-12-14-6-3-2-4-7-14/h2-11H,12H2,1H3,(H,22,23). The molecule has 0 radical (unpaired) electrons. The predicted octanol–water partition coefficient (Wildman–Crippen LogP) is 3.94. The molecular formula is C19H16N2O3S. The van der Waals surface area contributed by atoms with Gasteiger partial charge in [-0.05, 0) is 18.6 Å². The Morgan fingerprint density at radius 2 is 2.00 bits per heavy atom. The minimum absolute atomic E-state index is 0.394. The molecular weight excluding hydrogens is 336 g/mol. The number of aromatic nitrogens is 2. The van der Waals surface area contributed by atoms with E-state index >= 15 is 0 Å². The van der Waals surface area contributed by atoms with Crippen molar-refractivity contribution in [3.8, 4) is 5.88 Å². The van der Waals surface area contributed by atoms with Crippen LogP contribution in [0.3, 0.4) is 0 Å². The number of hydrogen-bond acceptors (Lipinski definition) is 5. The molecule has 2 heterocycles. The van der Waals surface area contributed by atoms with Crippen LogP contribution in [0.25, 0.3) is 5.57 Å². The molecule has 6 heteroatoms. The van der Waals surface area contributed by atoms with Crippen LogP contribution in [-0.2, 0) is 11.4 Å². The van der Waals surface area contributed by atoms with Gasteiger partial charge in [0.2, 0.25) is 5.88 Å². The van der Waals surface area contributed by atoms with E-state index in [4.69, 9.17) is 4.74 Å². The number of aryl methyl sites for hydroxylation is 1. The lowest BCUT2D eigenvalue weighted by Gasteiger charge is -2.08. The average molecular weight is 352 g/mol. The number of aliphatic carboxylic acids is 1. The Bertz CT molecular complexity index is 904. The fourth-order valence-electron chi connectivity index (χ4n) is 2.22. The van der Waals surface area contributed by atoms with Gasteiger partial charge in [0, 0.05) is 28.8 Å². The quantitative estimate of drug-likeness (QED) is 0.680. The summed E-state index contributed by atoms with van der Waals surface area (Å²) in [5, 5.41) is 9.79. The largest absolute Gasteiger partial charge is 0.478 e. The van der Waals surface area contributed by atoms with Crippen molar-refractivity contribution in [3.05, 3.63) is 81.9 Å². The van der Waals surface area contributed by atoms with Crippen LogP contribution >= 0.6 is 11.3 Å². The molecule has 1 N–H and O–H groups in total. The van der Waals surface area contributed by atoms with Crippen molar-refractivity contribution in [2.24, 2.45) is 0 Å². The second kappa shape index (κ2) is 7.72. The zero-order valence-electron chi connectivity index (χ0n) is 13.5. The van der Waals surface area contributed by atoms with E-state index in [-0.39, 0.29) is 0 Å². The van der Waals surface area contributed by atoms with Crippen molar-refractivity contribution in [1.29, 1.82) is 0 Å². The molecule has 0 aliphatic rings. The molecule has 5 nitrogen and oxygen atoms in total. The number of carbonyl (C=O) groups is 1. The highest BCUT2D eigenvalue weighted by Gasteiger charge is 2.13. The summed E-state index contributed by atoms with van der Waals surface area (Å²) in [4.78, 5) is 20.9. The third-order valence-corrected chi connectivity index (χ3v) is 4.29. The maximum Gasteiger partial charge on any atom is 0.329 e. The van der Waals surface area contributed by atoms with E-state index in [1.54, 1.807) is 24.4 Å². The van der Waals surface area contributed by atoms with E-state index in [1.165, 1.54) is 11.3 Å². The van der Waals surface area contributed by atoms with Gasteiger partial charge in [-0.1, -0.05) is 36.4 Å².